The van der Waals surface area contributed by atoms with Crippen LogP contribution in [0.1, 0.15) is 91.9 Å². The highest BCUT2D eigenvalue weighted by atomic mass is 16.4. The van der Waals surface area contributed by atoms with E-state index in [2.05, 4.69) is 17.6 Å². The molecule has 0 aromatic rings. The lowest BCUT2D eigenvalue weighted by atomic mass is 9.75. The predicted octanol–water partition coefficient (Wildman–Crippen LogP) is 1.93. The summed E-state index contributed by atoms with van der Waals surface area (Å²) >= 11 is 0. The molecular weight excluding hydrogens is 359 g/mol. The van der Waals surface area contributed by atoms with Gasteiger partial charge in [0.25, 0.3) is 0 Å². The Balaban J connectivity index is 4.33. The molecule has 0 aliphatic rings. The fourth-order valence-electron chi connectivity index (χ4n) is 3.11. The maximum absolute atomic E-state index is 12.4. The molecule has 0 radical (unpaired) electrons. The lowest BCUT2D eigenvalue weighted by Crippen LogP contribution is -2.57. The summed E-state index contributed by atoms with van der Waals surface area (Å²) in [4.78, 5) is 24.5. The number of amides is 2. The van der Waals surface area contributed by atoms with Crippen LogP contribution in [0.3, 0.4) is 0 Å². The summed E-state index contributed by atoms with van der Waals surface area (Å²) in [6.45, 7) is 7.42. The fraction of sp³-hybridized carbons (Fsp3) is 0.900. The maximum Gasteiger partial charge on any atom is 0.475 e. The summed E-state index contributed by atoms with van der Waals surface area (Å²) in [5, 5.41) is 33.8. The Morgan fingerprint density at radius 3 is 1.89 bits per heavy atom. The average Bonchev–Trinajstić information content (AvgIpc) is 2.60. The lowest BCUT2D eigenvalue weighted by molar-refractivity contribution is -0.131. The molecule has 2 amide bonds. The average molecular weight is 400 g/mol. The summed E-state index contributed by atoms with van der Waals surface area (Å²) in [7, 11) is -1.70. The second-order valence-electron chi connectivity index (χ2n) is 8.17. The number of hydrogen-bond donors (Lipinski definition) is 5. The van der Waals surface area contributed by atoms with Gasteiger partial charge in [-0.15, -0.1) is 0 Å². The van der Waals surface area contributed by atoms with E-state index in [0.29, 0.717) is 12.8 Å². The predicted molar refractivity (Wildman–Crippen MR) is 112 cm³/mol. The van der Waals surface area contributed by atoms with Crippen molar-refractivity contribution in [2.24, 2.45) is 5.92 Å². The normalized spacial score (nSPS) is 14.4. The Bertz CT molecular complexity index is 433. The molecule has 28 heavy (non-hydrogen) atoms. The largest absolute Gasteiger partial charge is 0.475 e. The molecular formula is C20H41BN2O5. The van der Waals surface area contributed by atoms with Gasteiger partial charge in [-0.1, -0.05) is 65.7 Å². The summed E-state index contributed by atoms with van der Waals surface area (Å²) in [6, 6.07) is -1.12. The van der Waals surface area contributed by atoms with Crippen molar-refractivity contribution in [3.8, 4) is 0 Å². The van der Waals surface area contributed by atoms with Crippen molar-refractivity contribution >= 4 is 18.9 Å². The lowest BCUT2D eigenvalue weighted by Gasteiger charge is -2.25. The standard InChI is InChI=1S/C20H41BN2O5/c1-5-6-7-8-9-10-11-12-13-18(25)23-19(16(4)24)20(26)22-17(21(27)28)14-15(2)3/h15-17,19,24,27-28H,5-14H2,1-4H3,(H,22,26)(H,23,25)/t16-,17+,19+/m1/s1. The zero-order valence-corrected chi connectivity index (χ0v) is 18.1. The van der Waals surface area contributed by atoms with Gasteiger partial charge >= 0.3 is 7.12 Å². The van der Waals surface area contributed by atoms with Gasteiger partial charge in [0.1, 0.15) is 6.04 Å². The van der Waals surface area contributed by atoms with Gasteiger partial charge in [-0.25, -0.2) is 0 Å². The molecule has 0 fully saturated rings. The Labute approximate surface area is 170 Å². The molecule has 8 heteroatoms. The molecule has 0 saturated carbocycles. The Kier molecular flexibility index (Phi) is 15.1. The summed E-state index contributed by atoms with van der Waals surface area (Å²) in [5.74, 6) is -1.60. The third kappa shape index (κ3) is 13.1. The van der Waals surface area contributed by atoms with Crippen LogP contribution in [0.5, 0.6) is 0 Å². The van der Waals surface area contributed by atoms with Gasteiger partial charge in [0.15, 0.2) is 0 Å². The van der Waals surface area contributed by atoms with Crippen LogP contribution >= 0.6 is 0 Å². The van der Waals surface area contributed by atoms with E-state index in [4.69, 9.17) is 0 Å². The number of carbonyl (C=O) groups is 2. The first kappa shape index (κ1) is 26.9. The first-order chi connectivity index (χ1) is 13.2. The van der Waals surface area contributed by atoms with Crippen LogP contribution < -0.4 is 10.6 Å². The van der Waals surface area contributed by atoms with E-state index in [9.17, 15) is 24.7 Å². The minimum absolute atomic E-state index is 0.147. The molecule has 3 atom stereocenters. The number of unbranched alkanes of at least 4 members (excludes halogenated alkanes) is 7. The molecule has 0 aliphatic carbocycles. The summed E-state index contributed by atoms with van der Waals surface area (Å²) in [5.41, 5.74) is 0. The van der Waals surface area contributed by atoms with Crippen LogP contribution in [-0.2, 0) is 9.59 Å². The molecule has 0 aromatic carbocycles. The highest BCUT2D eigenvalue weighted by Crippen LogP contribution is 2.10. The topological polar surface area (TPSA) is 119 Å². The van der Waals surface area contributed by atoms with Crippen molar-refractivity contribution in [3.63, 3.8) is 0 Å². The smallest absolute Gasteiger partial charge is 0.426 e. The number of aliphatic hydroxyl groups is 1. The summed E-state index contributed by atoms with van der Waals surface area (Å²) < 4.78 is 0. The van der Waals surface area contributed by atoms with Crippen LogP contribution in [0.2, 0.25) is 0 Å². The van der Waals surface area contributed by atoms with Gasteiger partial charge in [-0.2, -0.15) is 0 Å². The number of hydrogen-bond acceptors (Lipinski definition) is 5. The monoisotopic (exact) mass is 400 g/mol. The molecule has 164 valence electrons. The molecule has 0 saturated heterocycles. The number of nitrogens with one attached hydrogen (secondary N) is 2. The molecule has 0 spiro atoms. The fourth-order valence-corrected chi connectivity index (χ4v) is 3.11. The van der Waals surface area contributed by atoms with E-state index in [1.54, 1.807) is 0 Å². The third-order valence-electron chi connectivity index (χ3n) is 4.75. The van der Waals surface area contributed by atoms with Crippen molar-refractivity contribution in [3.05, 3.63) is 0 Å². The van der Waals surface area contributed by atoms with E-state index >= 15 is 0 Å². The first-order valence-electron chi connectivity index (χ1n) is 10.8. The maximum atomic E-state index is 12.4. The molecule has 7 nitrogen and oxygen atoms in total. The quantitative estimate of drug-likeness (QED) is 0.200. The SMILES string of the molecule is CCCCCCCCCCC(=O)N[C@H](C(=O)N[C@@H](CC(C)C)B(O)O)[C@@H](C)O. The second-order valence-corrected chi connectivity index (χ2v) is 8.17. The Morgan fingerprint density at radius 2 is 1.43 bits per heavy atom. The van der Waals surface area contributed by atoms with Gasteiger partial charge in [0.2, 0.25) is 11.8 Å². The molecule has 0 bridgehead atoms. The minimum Gasteiger partial charge on any atom is -0.426 e. The number of carbonyl (C=O) groups excluding carboxylic acids is 2. The van der Waals surface area contributed by atoms with Crippen LogP contribution in [0, 0.1) is 5.92 Å². The molecule has 0 rings (SSSR count). The molecule has 0 aliphatic heterocycles. The molecule has 0 heterocycles. The zero-order valence-electron chi connectivity index (χ0n) is 18.1. The third-order valence-corrected chi connectivity index (χ3v) is 4.75. The van der Waals surface area contributed by atoms with E-state index in [1.807, 2.05) is 13.8 Å². The van der Waals surface area contributed by atoms with Crippen LogP contribution in [-0.4, -0.2) is 52.2 Å². The molecule has 5 N–H and O–H groups in total. The van der Waals surface area contributed by atoms with Crippen LogP contribution in [0.25, 0.3) is 0 Å². The Morgan fingerprint density at radius 1 is 0.893 bits per heavy atom. The van der Waals surface area contributed by atoms with Crippen molar-refractivity contribution in [2.45, 2.75) is 110 Å². The highest BCUT2D eigenvalue weighted by molar-refractivity contribution is 6.43. The van der Waals surface area contributed by atoms with Gasteiger partial charge < -0.3 is 25.8 Å². The molecule has 0 aromatic heterocycles. The summed E-state index contributed by atoms with van der Waals surface area (Å²) in [6.07, 6.45) is 8.61. The van der Waals surface area contributed by atoms with Gasteiger partial charge in [0.05, 0.1) is 12.0 Å². The Hall–Kier alpha value is -1.12. The second kappa shape index (κ2) is 15.8. The van der Waals surface area contributed by atoms with E-state index in [0.717, 1.165) is 19.3 Å². The van der Waals surface area contributed by atoms with Crippen LogP contribution in [0.4, 0.5) is 0 Å². The van der Waals surface area contributed by atoms with Gasteiger partial charge in [0, 0.05) is 6.42 Å². The van der Waals surface area contributed by atoms with Gasteiger partial charge in [-0.05, 0) is 25.7 Å². The van der Waals surface area contributed by atoms with Gasteiger partial charge in [-0.3, -0.25) is 9.59 Å². The van der Waals surface area contributed by atoms with E-state index in [1.165, 1.54) is 39.0 Å². The zero-order chi connectivity index (χ0) is 21.5. The van der Waals surface area contributed by atoms with Crippen LogP contribution in [0.15, 0.2) is 0 Å². The highest BCUT2D eigenvalue weighted by Gasteiger charge is 2.31. The van der Waals surface area contributed by atoms with E-state index in [-0.39, 0.29) is 11.8 Å². The first-order valence-corrected chi connectivity index (χ1v) is 10.8. The van der Waals surface area contributed by atoms with Crippen molar-refractivity contribution in [1.29, 1.82) is 0 Å². The molecule has 0 unspecified atom stereocenters. The number of rotatable bonds is 16. The van der Waals surface area contributed by atoms with Crippen molar-refractivity contribution in [1.82, 2.24) is 10.6 Å². The number of aliphatic hydroxyl groups excluding tert-OH is 1. The minimum atomic E-state index is -1.70. The van der Waals surface area contributed by atoms with E-state index < -0.39 is 31.1 Å². The van der Waals surface area contributed by atoms with Crippen molar-refractivity contribution < 1.29 is 24.7 Å². The van der Waals surface area contributed by atoms with Crippen molar-refractivity contribution in [2.75, 3.05) is 0 Å².